The number of benzene rings is 1. The maximum Gasteiger partial charge on any atom is 0.274 e. The summed E-state index contributed by atoms with van der Waals surface area (Å²) in [6.45, 7) is 7.26. The molecule has 0 aromatic heterocycles. The smallest absolute Gasteiger partial charge is 0.274 e. The van der Waals surface area contributed by atoms with E-state index in [-0.39, 0.29) is 10.6 Å². The van der Waals surface area contributed by atoms with Crippen molar-refractivity contribution in [2.75, 3.05) is 45.1 Å². The summed E-state index contributed by atoms with van der Waals surface area (Å²) in [5, 5.41) is 14.6. The van der Waals surface area contributed by atoms with Crippen molar-refractivity contribution < 1.29 is 4.92 Å². The quantitative estimate of drug-likeness (QED) is 0.680. The van der Waals surface area contributed by atoms with Crippen molar-refractivity contribution in [1.82, 2.24) is 9.80 Å². The fraction of sp³-hybridized carbons (Fsp3) is 0.533. The molecular formula is C15H21N5O2. The number of anilines is 1. The SMILES string of the molecule is Cc1c([N+](=O)[O-])cc2c(c1CN1CCN(C)CC1)NCC=N2. The maximum absolute atomic E-state index is 11.3. The second kappa shape index (κ2) is 6.02. The van der Waals surface area contributed by atoms with Crippen molar-refractivity contribution in [2.24, 2.45) is 4.99 Å². The first-order chi connectivity index (χ1) is 10.6. The lowest BCUT2D eigenvalue weighted by Gasteiger charge is -2.33. The van der Waals surface area contributed by atoms with Crippen molar-refractivity contribution in [2.45, 2.75) is 13.5 Å². The topological polar surface area (TPSA) is 74.0 Å². The van der Waals surface area contributed by atoms with Gasteiger partial charge in [0.2, 0.25) is 0 Å². The fourth-order valence-corrected chi connectivity index (χ4v) is 3.01. The van der Waals surface area contributed by atoms with E-state index in [1.54, 1.807) is 12.3 Å². The molecule has 3 rings (SSSR count). The number of fused-ring (bicyclic) bond motifs is 1. The van der Waals surface area contributed by atoms with Crippen LogP contribution in [0.15, 0.2) is 11.1 Å². The number of hydrogen-bond acceptors (Lipinski definition) is 6. The molecule has 0 aliphatic carbocycles. The number of nitro benzene ring substituents is 1. The van der Waals surface area contributed by atoms with E-state index >= 15 is 0 Å². The Labute approximate surface area is 129 Å². The molecule has 2 aliphatic rings. The van der Waals surface area contributed by atoms with Crippen LogP contribution in [0.4, 0.5) is 17.1 Å². The van der Waals surface area contributed by atoms with Crippen LogP contribution in [0.3, 0.4) is 0 Å². The summed E-state index contributed by atoms with van der Waals surface area (Å²) >= 11 is 0. The summed E-state index contributed by atoms with van der Waals surface area (Å²) in [5.74, 6) is 0. The van der Waals surface area contributed by atoms with Crippen molar-refractivity contribution >= 4 is 23.3 Å². The first-order valence-corrected chi connectivity index (χ1v) is 7.54. The van der Waals surface area contributed by atoms with Crippen LogP contribution < -0.4 is 5.32 Å². The zero-order valence-electron chi connectivity index (χ0n) is 13.0. The van der Waals surface area contributed by atoms with E-state index in [0.29, 0.717) is 12.2 Å². The van der Waals surface area contributed by atoms with Gasteiger partial charge in [-0.2, -0.15) is 0 Å². The number of nitrogens with zero attached hydrogens (tertiary/aromatic N) is 4. The zero-order chi connectivity index (χ0) is 15.7. The van der Waals surface area contributed by atoms with Gasteiger partial charge in [-0.3, -0.25) is 20.0 Å². The van der Waals surface area contributed by atoms with E-state index in [0.717, 1.165) is 49.5 Å². The molecule has 0 atom stereocenters. The number of nitrogens with one attached hydrogen (secondary N) is 1. The predicted molar refractivity (Wildman–Crippen MR) is 87.2 cm³/mol. The number of likely N-dealkylation sites (N-methyl/N-ethyl adjacent to an activating group) is 1. The lowest BCUT2D eigenvalue weighted by molar-refractivity contribution is -0.385. The van der Waals surface area contributed by atoms with Gasteiger partial charge in [-0.1, -0.05) is 0 Å². The summed E-state index contributed by atoms with van der Waals surface area (Å²) in [5.41, 5.74) is 3.53. The molecule has 1 fully saturated rings. The number of hydrogen-bond donors (Lipinski definition) is 1. The third-order valence-corrected chi connectivity index (χ3v) is 4.44. The Bertz CT molecular complexity index is 621. The molecule has 0 bridgehead atoms. The second-order valence-electron chi connectivity index (χ2n) is 5.92. The number of piperazine rings is 1. The van der Waals surface area contributed by atoms with E-state index in [4.69, 9.17) is 0 Å². The van der Waals surface area contributed by atoms with Gasteiger partial charge in [0.05, 0.1) is 22.8 Å². The van der Waals surface area contributed by atoms with Gasteiger partial charge in [0.15, 0.2) is 0 Å². The van der Waals surface area contributed by atoms with Gasteiger partial charge in [0, 0.05) is 56.1 Å². The Balaban J connectivity index is 1.96. The molecule has 7 nitrogen and oxygen atoms in total. The highest BCUT2D eigenvalue weighted by Crippen LogP contribution is 2.39. The minimum atomic E-state index is -0.312. The average Bonchev–Trinajstić information content (AvgIpc) is 2.51. The van der Waals surface area contributed by atoms with Crippen LogP contribution >= 0.6 is 0 Å². The largest absolute Gasteiger partial charge is 0.378 e. The van der Waals surface area contributed by atoms with Gasteiger partial charge in [0.1, 0.15) is 0 Å². The van der Waals surface area contributed by atoms with E-state index in [9.17, 15) is 10.1 Å². The molecule has 1 N–H and O–H groups in total. The van der Waals surface area contributed by atoms with Crippen LogP contribution in [0.5, 0.6) is 0 Å². The zero-order valence-corrected chi connectivity index (χ0v) is 13.0. The average molecular weight is 303 g/mol. The highest BCUT2D eigenvalue weighted by atomic mass is 16.6. The summed E-state index contributed by atoms with van der Waals surface area (Å²) < 4.78 is 0. The molecule has 0 unspecified atom stereocenters. The van der Waals surface area contributed by atoms with Gasteiger partial charge >= 0.3 is 0 Å². The van der Waals surface area contributed by atoms with Crippen LogP contribution in [-0.2, 0) is 6.54 Å². The summed E-state index contributed by atoms with van der Waals surface area (Å²) in [7, 11) is 2.12. The standard InChI is InChI=1S/C15H21N5O2/c1-11-12(10-19-7-5-18(2)6-8-19)15-13(16-3-4-17-15)9-14(11)20(21)22/h3,9,17H,4-8,10H2,1-2H3. The normalized spacial score (nSPS) is 18.8. The lowest BCUT2D eigenvalue weighted by atomic mass is 10.0. The summed E-state index contributed by atoms with van der Waals surface area (Å²) in [6.07, 6.45) is 1.75. The summed E-state index contributed by atoms with van der Waals surface area (Å²) in [4.78, 5) is 20.0. The first-order valence-electron chi connectivity index (χ1n) is 7.54. The Hall–Kier alpha value is -1.99. The van der Waals surface area contributed by atoms with Crippen LogP contribution in [0.2, 0.25) is 0 Å². The number of nitro groups is 1. The third kappa shape index (κ3) is 2.82. The molecule has 22 heavy (non-hydrogen) atoms. The molecule has 118 valence electrons. The Kier molecular flexibility index (Phi) is 4.08. The highest BCUT2D eigenvalue weighted by Gasteiger charge is 2.25. The molecule has 0 amide bonds. The molecule has 0 spiro atoms. The van der Waals surface area contributed by atoms with E-state index in [1.807, 2.05) is 6.92 Å². The van der Waals surface area contributed by atoms with Crippen LogP contribution in [0.1, 0.15) is 11.1 Å². The molecule has 1 saturated heterocycles. The van der Waals surface area contributed by atoms with Crippen molar-refractivity contribution in [3.8, 4) is 0 Å². The van der Waals surface area contributed by atoms with Gasteiger partial charge < -0.3 is 10.2 Å². The highest BCUT2D eigenvalue weighted by molar-refractivity contribution is 5.85. The molecule has 2 heterocycles. The van der Waals surface area contributed by atoms with Crippen LogP contribution in [0.25, 0.3) is 0 Å². The molecule has 0 saturated carbocycles. The number of aliphatic imine (C=N–C) groups is 1. The predicted octanol–water partition coefficient (Wildman–Crippen LogP) is 1.78. The maximum atomic E-state index is 11.3. The minimum absolute atomic E-state index is 0.156. The van der Waals surface area contributed by atoms with Gasteiger partial charge in [-0.05, 0) is 14.0 Å². The Morgan fingerprint density at radius 2 is 2.09 bits per heavy atom. The molecule has 1 aromatic carbocycles. The van der Waals surface area contributed by atoms with E-state index in [2.05, 4.69) is 27.2 Å². The van der Waals surface area contributed by atoms with Crippen molar-refractivity contribution in [1.29, 1.82) is 0 Å². The second-order valence-corrected chi connectivity index (χ2v) is 5.92. The fourth-order valence-electron chi connectivity index (χ4n) is 3.01. The number of rotatable bonds is 3. The van der Waals surface area contributed by atoms with Crippen LogP contribution in [0, 0.1) is 17.0 Å². The lowest BCUT2D eigenvalue weighted by Crippen LogP contribution is -2.44. The minimum Gasteiger partial charge on any atom is -0.378 e. The van der Waals surface area contributed by atoms with Gasteiger partial charge in [-0.25, -0.2) is 0 Å². The first kappa shape index (κ1) is 14.9. The van der Waals surface area contributed by atoms with Crippen molar-refractivity contribution in [3.63, 3.8) is 0 Å². The third-order valence-electron chi connectivity index (χ3n) is 4.44. The van der Waals surface area contributed by atoms with Gasteiger partial charge in [0.25, 0.3) is 5.69 Å². The summed E-state index contributed by atoms with van der Waals surface area (Å²) in [6, 6.07) is 1.57. The molecular weight excluding hydrogens is 282 g/mol. The van der Waals surface area contributed by atoms with Crippen molar-refractivity contribution in [3.05, 3.63) is 27.3 Å². The Morgan fingerprint density at radius 3 is 2.77 bits per heavy atom. The Morgan fingerprint density at radius 1 is 1.36 bits per heavy atom. The van der Waals surface area contributed by atoms with Crippen LogP contribution in [-0.4, -0.2) is 60.7 Å². The monoisotopic (exact) mass is 303 g/mol. The van der Waals surface area contributed by atoms with E-state index in [1.165, 1.54) is 0 Å². The molecule has 2 aliphatic heterocycles. The van der Waals surface area contributed by atoms with Gasteiger partial charge in [-0.15, -0.1) is 0 Å². The molecule has 7 heteroatoms. The molecule has 1 aromatic rings. The molecule has 0 radical (unpaired) electrons. The van der Waals surface area contributed by atoms with E-state index < -0.39 is 0 Å².